The number of nitrogens with one attached hydrogen (secondary N) is 2. The Kier molecular flexibility index (Phi) is 6.38. The fraction of sp³-hybridized carbons (Fsp3) is 0.364. The van der Waals surface area contributed by atoms with E-state index in [9.17, 15) is 18.4 Å². The van der Waals surface area contributed by atoms with Gasteiger partial charge in [-0.05, 0) is 25.8 Å². The Morgan fingerprint density at radius 1 is 1.21 bits per heavy atom. The molecule has 174 valence electrons. The Balaban J connectivity index is 1.59. The van der Waals surface area contributed by atoms with Gasteiger partial charge in [0.05, 0.1) is 22.8 Å². The summed E-state index contributed by atoms with van der Waals surface area (Å²) in [5.41, 5.74) is 7.04. The highest BCUT2D eigenvalue weighted by Crippen LogP contribution is 2.28. The second-order valence-electron chi connectivity index (χ2n) is 7.91. The van der Waals surface area contributed by atoms with E-state index >= 15 is 0 Å². The SMILES string of the molecule is CCn1ncc2c(NC3CCN(C(N)=O)CC3)c(C(=O)NCc3ccc(F)cc3F)cnc21. The molecule has 33 heavy (non-hydrogen) atoms. The van der Waals surface area contributed by atoms with Gasteiger partial charge in [-0.1, -0.05) is 6.07 Å². The van der Waals surface area contributed by atoms with Crippen molar-refractivity contribution in [2.24, 2.45) is 5.73 Å². The lowest BCUT2D eigenvalue weighted by Crippen LogP contribution is -2.44. The number of benzene rings is 1. The quantitative estimate of drug-likeness (QED) is 0.526. The highest BCUT2D eigenvalue weighted by Gasteiger charge is 2.25. The van der Waals surface area contributed by atoms with Crippen LogP contribution < -0.4 is 16.4 Å². The highest BCUT2D eigenvalue weighted by atomic mass is 19.1. The van der Waals surface area contributed by atoms with Crippen molar-refractivity contribution in [2.75, 3.05) is 18.4 Å². The van der Waals surface area contributed by atoms with Gasteiger partial charge in [0.1, 0.15) is 11.6 Å². The number of aryl methyl sites for hydroxylation is 1. The molecule has 1 aromatic carbocycles. The maximum absolute atomic E-state index is 14.0. The van der Waals surface area contributed by atoms with Crippen molar-refractivity contribution in [1.29, 1.82) is 0 Å². The molecule has 9 nitrogen and oxygen atoms in total. The molecule has 4 rings (SSSR count). The summed E-state index contributed by atoms with van der Waals surface area (Å²) in [5.74, 6) is -1.86. The van der Waals surface area contributed by atoms with Crippen LogP contribution in [0.5, 0.6) is 0 Å². The normalized spacial score (nSPS) is 14.5. The first-order valence-corrected chi connectivity index (χ1v) is 10.7. The topological polar surface area (TPSA) is 118 Å². The van der Waals surface area contributed by atoms with Crippen LogP contribution in [0.3, 0.4) is 0 Å². The number of halogens is 2. The number of hydrogen-bond acceptors (Lipinski definition) is 5. The Bertz CT molecular complexity index is 1190. The summed E-state index contributed by atoms with van der Waals surface area (Å²) in [6.07, 6.45) is 4.45. The molecule has 4 N–H and O–H groups in total. The summed E-state index contributed by atoms with van der Waals surface area (Å²) in [4.78, 5) is 30.4. The van der Waals surface area contributed by atoms with Gasteiger partial charge in [-0.15, -0.1) is 0 Å². The lowest BCUT2D eigenvalue weighted by atomic mass is 10.0. The smallest absolute Gasteiger partial charge is 0.314 e. The number of pyridine rings is 1. The van der Waals surface area contributed by atoms with Crippen LogP contribution in [-0.2, 0) is 13.1 Å². The number of carbonyl (C=O) groups excluding carboxylic acids is 2. The number of nitrogens with two attached hydrogens (primary N) is 1. The zero-order chi connectivity index (χ0) is 23.5. The first-order chi connectivity index (χ1) is 15.9. The van der Waals surface area contributed by atoms with E-state index in [-0.39, 0.29) is 23.7 Å². The van der Waals surface area contributed by atoms with Crippen molar-refractivity contribution < 1.29 is 18.4 Å². The largest absolute Gasteiger partial charge is 0.381 e. The van der Waals surface area contributed by atoms with Crippen LogP contribution >= 0.6 is 0 Å². The predicted octanol–water partition coefficient (Wildman–Crippen LogP) is 2.61. The molecular formula is C22H25F2N7O2. The molecule has 11 heteroatoms. The van der Waals surface area contributed by atoms with Crippen LogP contribution in [-0.4, -0.2) is 50.7 Å². The summed E-state index contributed by atoms with van der Waals surface area (Å²) >= 11 is 0. The zero-order valence-corrected chi connectivity index (χ0v) is 18.1. The number of rotatable bonds is 6. The van der Waals surface area contributed by atoms with Gasteiger partial charge < -0.3 is 21.3 Å². The summed E-state index contributed by atoms with van der Waals surface area (Å²) < 4.78 is 28.8. The second kappa shape index (κ2) is 9.39. The number of piperidine rings is 1. The minimum Gasteiger partial charge on any atom is -0.381 e. The third kappa shape index (κ3) is 4.71. The minimum atomic E-state index is -0.729. The van der Waals surface area contributed by atoms with Gasteiger partial charge in [0.15, 0.2) is 5.65 Å². The Morgan fingerprint density at radius 3 is 2.64 bits per heavy atom. The van der Waals surface area contributed by atoms with E-state index in [0.29, 0.717) is 49.2 Å². The molecule has 0 bridgehead atoms. The fourth-order valence-electron chi connectivity index (χ4n) is 3.97. The molecule has 1 aliphatic rings. The third-order valence-electron chi connectivity index (χ3n) is 5.82. The summed E-state index contributed by atoms with van der Waals surface area (Å²) in [5, 5.41) is 11.1. The molecule has 2 aromatic heterocycles. The lowest BCUT2D eigenvalue weighted by molar-refractivity contribution is 0.0951. The Hall–Kier alpha value is -3.76. The first kappa shape index (κ1) is 22.4. The maximum atomic E-state index is 14.0. The van der Waals surface area contributed by atoms with E-state index in [1.807, 2.05) is 6.92 Å². The van der Waals surface area contributed by atoms with E-state index in [4.69, 9.17) is 5.73 Å². The van der Waals surface area contributed by atoms with Crippen molar-refractivity contribution in [3.8, 4) is 0 Å². The third-order valence-corrected chi connectivity index (χ3v) is 5.82. The highest BCUT2D eigenvalue weighted by molar-refractivity contribution is 6.06. The zero-order valence-electron chi connectivity index (χ0n) is 18.1. The Morgan fingerprint density at radius 2 is 1.97 bits per heavy atom. The Labute approximate surface area is 188 Å². The number of carbonyl (C=O) groups is 2. The molecule has 1 saturated heterocycles. The van der Waals surface area contributed by atoms with Crippen molar-refractivity contribution in [3.63, 3.8) is 0 Å². The van der Waals surface area contributed by atoms with Crippen LogP contribution in [0.4, 0.5) is 19.3 Å². The van der Waals surface area contributed by atoms with Gasteiger partial charge in [0, 0.05) is 50.0 Å². The van der Waals surface area contributed by atoms with Gasteiger partial charge in [-0.2, -0.15) is 5.10 Å². The molecule has 0 radical (unpaired) electrons. The van der Waals surface area contributed by atoms with Crippen molar-refractivity contribution >= 4 is 28.7 Å². The number of primary amides is 1. The molecule has 1 aliphatic heterocycles. The van der Waals surface area contributed by atoms with Gasteiger partial charge in [0.2, 0.25) is 0 Å². The number of anilines is 1. The van der Waals surface area contributed by atoms with Crippen LogP contribution in [0, 0.1) is 11.6 Å². The molecule has 3 heterocycles. The number of nitrogens with zero attached hydrogens (tertiary/aromatic N) is 4. The van der Waals surface area contributed by atoms with Gasteiger partial charge >= 0.3 is 6.03 Å². The summed E-state index contributed by atoms with van der Waals surface area (Å²) in [7, 11) is 0. The van der Waals surface area contributed by atoms with E-state index in [2.05, 4.69) is 20.7 Å². The van der Waals surface area contributed by atoms with Gasteiger partial charge in [-0.3, -0.25) is 4.79 Å². The molecule has 3 aromatic rings. The fourth-order valence-corrected chi connectivity index (χ4v) is 3.97. The number of likely N-dealkylation sites (tertiary alicyclic amines) is 1. The molecule has 1 fully saturated rings. The maximum Gasteiger partial charge on any atom is 0.314 e. The van der Waals surface area contributed by atoms with Crippen LogP contribution in [0.1, 0.15) is 35.7 Å². The van der Waals surface area contributed by atoms with Gasteiger partial charge in [0.25, 0.3) is 5.91 Å². The minimum absolute atomic E-state index is 0.0114. The predicted molar refractivity (Wildman–Crippen MR) is 119 cm³/mol. The van der Waals surface area contributed by atoms with Crippen LogP contribution in [0.2, 0.25) is 0 Å². The molecular weight excluding hydrogens is 432 g/mol. The van der Waals surface area contributed by atoms with Crippen LogP contribution in [0.15, 0.2) is 30.6 Å². The number of hydrogen-bond donors (Lipinski definition) is 3. The van der Waals surface area contributed by atoms with Crippen molar-refractivity contribution in [1.82, 2.24) is 25.0 Å². The number of amides is 3. The van der Waals surface area contributed by atoms with Crippen molar-refractivity contribution in [3.05, 3.63) is 53.4 Å². The molecule has 0 unspecified atom stereocenters. The molecule has 0 atom stereocenters. The lowest BCUT2D eigenvalue weighted by Gasteiger charge is -2.32. The van der Waals surface area contributed by atoms with E-state index < -0.39 is 23.6 Å². The van der Waals surface area contributed by atoms with Crippen molar-refractivity contribution in [2.45, 2.75) is 38.9 Å². The molecule has 0 spiro atoms. The summed E-state index contributed by atoms with van der Waals surface area (Å²) in [6, 6.07) is 2.78. The standard InChI is InChI=1S/C22H25F2N7O2/c1-2-31-20-16(12-28-31)19(29-15-5-7-30(8-6-15)22(25)33)17(11-26-20)21(32)27-10-13-3-4-14(23)9-18(13)24/h3-4,9,11-12,15H,2,5-8,10H2,1H3,(H2,25,33)(H,26,29)(H,27,32). The monoisotopic (exact) mass is 457 g/mol. The number of urea groups is 1. The van der Waals surface area contributed by atoms with Crippen LogP contribution in [0.25, 0.3) is 11.0 Å². The summed E-state index contributed by atoms with van der Waals surface area (Å²) in [6.45, 7) is 3.48. The molecule has 0 aliphatic carbocycles. The first-order valence-electron chi connectivity index (χ1n) is 10.7. The van der Waals surface area contributed by atoms with E-state index in [1.54, 1.807) is 15.8 Å². The average Bonchev–Trinajstić information content (AvgIpc) is 3.22. The number of fused-ring (bicyclic) bond motifs is 1. The average molecular weight is 457 g/mol. The number of aromatic nitrogens is 3. The van der Waals surface area contributed by atoms with Gasteiger partial charge in [-0.25, -0.2) is 23.2 Å². The second-order valence-corrected chi connectivity index (χ2v) is 7.91. The van der Waals surface area contributed by atoms with E-state index in [0.717, 1.165) is 12.1 Å². The molecule has 3 amide bonds. The van der Waals surface area contributed by atoms with E-state index in [1.165, 1.54) is 12.3 Å². The molecule has 0 saturated carbocycles.